The van der Waals surface area contributed by atoms with Crippen molar-refractivity contribution >= 4 is 56.3 Å². The second kappa shape index (κ2) is 6.12. The summed E-state index contributed by atoms with van der Waals surface area (Å²) in [5.41, 5.74) is 0. The number of fused-ring (bicyclic) bond motifs is 1. The molecule has 0 bridgehead atoms. The lowest BCUT2D eigenvalue weighted by molar-refractivity contribution is 0.103. The first kappa shape index (κ1) is 15.1. The maximum Gasteiger partial charge on any atom is 0.268 e. The van der Waals surface area contributed by atoms with Crippen LogP contribution < -0.4 is 10.1 Å². The smallest absolute Gasteiger partial charge is 0.268 e. The highest BCUT2D eigenvalue weighted by molar-refractivity contribution is 7.21. The van der Waals surface area contributed by atoms with Crippen molar-refractivity contribution in [3.8, 4) is 5.75 Å². The SMILES string of the molecule is COc1ccc2sc(C(=O)Nc3ccc(Cl)cn3)c(Cl)c2c1. The zero-order valence-electron chi connectivity index (χ0n) is 11.4. The van der Waals surface area contributed by atoms with Crippen molar-refractivity contribution in [3.05, 3.63) is 51.5 Å². The monoisotopic (exact) mass is 352 g/mol. The summed E-state index contributed by atoms with van der Waals surface area (Å²) in [7, 11) is 1.58. The Bertz CT molecular complexity index is 847. The number of nitrogens with one attached hydrogen (secondary N) is 1. The molecule has 0 saturated heterocycles. The number of thiophene rings is 1. The number of nitrogens with zero attached hydrogens (tertiary/aromatic N) is 1. The van der Waals surface area contributed by atoms with Crippen LogP contribution in [0.3, 0.4) is 0 Å². The summed E-state index contributed by atoms with van der Waals surface area (Å²) in [6.45, 7) is 0. The van der Waals surface area contributed by atoms with Crippen LogP contribution >= 0.6 is 34.5 Å². The molecule has 3 aromatic rings. The van der Waals surface area contributed by atoms with Gasteiger partial charge in [-0.2, -0.15) is 0 Å². The number of halogens is 2. The molecule has 4 nitrogen and oxygen atoms in total. The molecule has 2 heterocycles. The van der Waals surface area contributed by atoms with Gasteiger partial charge < -0.3 is 10.1 Å². The number of hydrogen-bond acceptors (Lipinski definition) is 4. The molecule has 0 fully saturated rings. The van der Waals surface area contributed by atoms with Gasteiger partial charge in [-0.15, -0.1) is 11.3 Å². The number of carbonyl (C=O) groups is 1. The molecule has 2 aromatic heterocycles. The average Bonchev–Trinajstić information content (AvgIpc) is 2.86. The number of aromatic nitrogens is 1. The minimum Gasteiger partial charge on any atom is -0.497 e. The molecule has 0 aliphatic heterocycles. The first-order valence-electron chi connectivity index (χ1n) is 6.27. The fourth-order valence-electron chi connectivity index (χ4n) is 1.94. The Morgan fingerprint density at radius 3 is 2.77 bits per heavy atom. The third kappa shape index (κ3) is 2.88. The molecular formula is C15H10Cl2N2O2S. The van der Waals surface area contributed by atoms with Crippen molar-refractivity contribution in [2.45, 2.75) is 0 Å². The van der Waals surface area contributed by atoms with Crippen molar-refractivity contribution in [1.82, 2.24) is 4.98 Å². The van der Waals surface area contributed by atoms with Gasteiger partial charge in [0.15, 0.2) is 0 Å². The zero-order valence-corrected chi connectivity index (χ0v) is 13.7. The lowest BCUT2D eigenvalue weighted by atomic mass is 10.2. The van der Waals surface area contributed by atoms with Crippen LogP contribution in [0.1, 0.15) is 9.67 Å². The Hall–Kier alpha value is -1.82. The van der Waals surface area contributed by atoms with E-state index in [1.165, 1.54) is 17.5 Å². The van der Waals surface area contributed by atoms with Crippen LogP contribution in [-0.4, -0.2) is 18.0 Å². The molecule has 112 valence electrons. The Morgan fingerprint density at radius 1 is 1.27 bits per heavy atom. The van der Waals surface area contributed by atoms with Gasteiger partial charge in [-0.1, -0.05) is 23.2 Å². The van der Waals surface area contributed by atoms with E-state index in [2.05, 4.69) is 10.3 Å². The topological polar surface area (TPSA) is 51.2 Å². The number of carbonyl (C=O) groups excluding carboxylic acids is 1. The highest BCUT2D eigenvalue weighted by atomic mass is 35.5. The summed E-state index contributed by atoms with van der Waals surface area (Å²) in [5, 5.41) is 4.41. The Morgan fingerprint density at radius 2 is 2.09 bits per heavy atom. The van der Waals surface area contributed by atoms with Crippen LogP contribution in [0.5, 0.6) is 5.75 Å². The predicted molar refractivity (Wildman–Crippen MR) is 90.6 cm³/mol. The maximum atomic E-state index is 12.4. The number of pyridine rings is 1. The van der Waals surface area contributed by atoms with E-state index in [1.807, 2.05) is 18.2 Å². The molecule has 0 saturated carbocycles. The van der Waals surface area contributed by atoms with Gasteiger partial charge in [0, 0.05) is 16.3 Å². The van der Waals surface area contributed by atoms with Crippen LogP contribution in [0.2, 0.25) is 10.0 Å². The number of rotatable bonds is 3. The fraction of sp³-hybridized carbons (Fsp3) is 0.0667. The molecule has 0 unspecified atom stereocenters. The Kier molecular flexibility index (Phi) is 4.20. The minimum atomic E-state index is -0.306. The summed E-state index contributed by atoms with van der Waals surface area (Å²) < 4.78 is 6.09. The lowest BCUT2D eigenvalue weighted by Crippen LogP contribution is -2.11. The fourth-order valence-corrected chi connectivity index (χ4v) is 3.44. The summed E-state index contributed by atoms with van der Waals surface area (Å²) in [6, 6.07) is 8.80. The molecular weight excluding hydrogens is 343 g/mol. The molecule has 0 radical (unpaired) electrons. The van der Waals surface area contributed by atoms with E-state index < -0.39 is 0 Å². The normalized spacial score (nSPS) is 10.7. The first-order chi connectivity index (χ1) is 10.6. The Balaban J connectivity index is 1.93. The van der Waals surface area contributed by atoms with Crippen molar-refractivity contribution in [2.24, 2.45) is 0 Å². The number of methoxy groups -OCH3 is 1. The molecule has 0 spiro atoms. The number of ether oxygens (including phenoxy) is 1. The van der Waals surface area contributed by atoms with Crippen LogP contribution in [0.25, 0.3) is 10.1 Å². The van der Waals surface area contributed by atoms with Gasteiger partial charge in [0.25, 0.3) is 5.91 Å². The highest BCUT2D eigenvalue weighted by Gasteiger charge is 2.18. The summed E-state index contributed by atoms with van der Waals surface area (Å²) >= 11 is 13.4. The molecule has 0 atom stereocenters. The van der Waals surface area contributed by atoms with E-state index >= 15 is 0 Å². The predicted octanol–water partition coefficient (Wildman–Crippen LogP) is 4.86. The quantitative estimate of drug-likeness (QED) is 0.731. The molecule has 3 rings (SSSR count). The van der Waals surface area contributed by atoms with Crippen molar-refractivity contribution < 1.29 is 9.53 Å². The lowest BCUT2D eigenvalue weighted by Gasteiger charge is -2.02. The second-order valence-corrected chi connectivity index (χ2v) is 6.29. The van der Waals surface area contributed by atoms with Gasteiger partial charge in [0.1, 0.15) is 16.4 Å². The Labute approximate surface area is 140 Å². The van der Waals surface area contributed by atoms with Gasteiger partial charge >= 0.3 is 0 Å². The number of hydrogen-bond donors (Lipinski definition) is 1. The highest BCUT2D eigenvalue weighted by Crippen LogP contribution is 2.37. The van der Waals surface area contributed by atoms with Gasteiger partial charge in [-0.05, 0) is 30.3 Å². The largest absolute Gasteiger partial charge is 0.497 e. The second-order valence-electron chi connectivity index (χ2n) is 4.42. The van der Waals surface area contributed by atoms with Gasteiger partial charge in [0.2, 0.25) is 0 Å². The van der Waals surface area contributed by atoms with Crippen molar-refractivity contribution in [1.29, 1.82) is 0 Å². The van der Waals surface area contributed by atoms with Crippen LogP contribution in [0.4, 0.5) is 5.82 Å². The van der Waals surface area contributed by atoms with Crippen LogP contribution in [0.15, 0.2) is 36.5 Å². The first-order valence-corrected chi connectivity index (χ1v) is 7.84. The summed E-state index contributed by atoms with van der Waals surface area (Å²) in [4.78, 5) is 16.8. The minimum absolute atomic E-state index is 0.306. The van der Waals surface area contributed by atoms with Crippen molar-refractivity contribution in [3.63, 3.8) is 0 Å². The average molecular weight is 353 g/mol. The van der Waals surface area contributed by atoms with E-state index in [0.717, 1.165) is 10.1 Å². The molecule has 1 amide bonds. The van der Waals surface area contributed by atoms with Crippen LogP contribution in [-0.2, 0) is 0 Å². The summed E-state index contributed by atoms with van der Waals surface area (Å²) in [6.07, 6.45) is 1.47. The molecule has 22 heavy (non-hydrogen) atoms. The third-order valence-corrected chi connectivity index (χ3v) is 4.91. The number of amides is 1. The maximum absolute atomic E-state index is 12.4. The molecule has 1 N–H and O–H groups in total. The van der Waals surface area contributed by atoms with Crippen LogP contribution in [0, 0.1) is 0 Å². The molecule has 7 heteroatoms. The van der Waals surface area contributed by atoms with E-state index in [1.54, 1.807) is 19.2 Å². The van der Waals surface area contributed by atoms with Gasteiger partial charge in [0.05, 0.1) is 17.2 Å². The van der Waals surface area contributed by atoms with E-state index in [9.17, 15) is 4.79 Å². The van der Waals surface area contributed by atoms with E-state index in [0.29, 0.717) is 26.5 Å². The van der Waals surface area contributed by atoms with E-state index in [4.69, 9.17) is 27.9 Å². The number of anilines is 1. The molecule has 1 aromatic carbocycles. The van der Waals surface area contributed by atoms with Gasteiger partial charge in [-0.25, -0.2) is 4.98 Å². The van der Waals surface area contributed by atoms with Gasteiger partial charge in [-0.3, -0.25) is 4.79 Å². The van der Waals surface area contributed by atoms with E-state index in [-0.39, 0.29) is 5.91 Å². The standard InChI is InChI=1S/C15H10Cl2N2O2S/c1-21-9-3-4-11-10(6-9)13(17)14(22-11)15(20)19-12-5-2-8(16)7-18-12/h2-7H,1H3,(H,18,19,20). The van der Waals surface area contributed by atoms with Crippen molar-refractivity contribution in [2.75, 3.05) is 12.4 Å². The molecule has 0 aliphatic carbocycles. The zero-order chi connectivity index (χ0) is 15.7. The molecule has 0 aliphatic rings. The third-order valence-electron chi connectivity index (χ3n) is 3.01. The number of benzene rings is 1. The summed E-state index contributed by atoms with van der Waals surface area (Å²) in [5.74, 6) is 0.805.